The normalized spacial score (nSPS) is 11.7. The summed E-state index contributed by atoms with van der Waals surface area (Å²) < 4.78 is 60.3. The lowest BCUT2D eigenvalue weighted by atomic mass is 10.1. The van der Waals surface area contributed by atoms with Crippen molar-refractivity contribution in [2.45, 2.75) is 12.7 Å². The van der Waals surface area contributed by atoms with E-state index in [0.29, 0.717) is 10.9 Å². The molecule has 0 aliphatic heterocycles. The molecule has 1 aromatic heterocycles. The zero-order chi connectivity index (χ0) is 25.3. The number of nitrogens with two attached hydrogens (primary N) is 1. The van der Waals surface area contributed by atoms with Crippen LogP contribution >= 0.6 is 0 Å². The van der Waals surface area contributed by atoms with E-state index in [-0.39, 0.29) is 34.3 Å². The molecular weight excluding hydrogens is 472 g/mol. The van der Waals surface area contributed by atoms with Gasteiger partial charge in [-0.2, -0.15) is 18.1 Å². The fraction of sp³-hybridized carbons (Fsp3) is 0.167. The van der Waals surface area contributed by atoms with E-state index in [4.69, 9.17) is 15.5 Å². The van der Waals surface area contributed by atoms with Crippen molar-refractivity contribution in [2.24, 2.45) is 5.73 Å². The second-order valence-electron chi connectivity index (χ2n) is 7.57. The van der Waals surface area contributed by atoms with Gasteiger partial charge in [-0.1, -0.05) is 18.2 Å². The average Bonchev–Trinajstić information content (AvgIpc) is 3.11. The van der Waals surface area contributed by atoms with Gasteiger partial charge in [0.1, 0.15) is 5.82 Å². The van der Waals surface area contributed by atoms with Crippen molar-refractivity contribution in [1.82, 2.24) is 4.57 Å². The number of aromatic nitrogens is 1. The van der Waals surface area contributed by atoms with Gasteiger partial charge in [-0.15, -0.1) is 0 Å². The maximum Gasteiger partial charge on any atom is 0.416 e. The minimum Gasteiger partial charge on any atom is -0.467 e. The predicted molar refractivity (Wildman–Crippen MR) is 117 cm³/mol. The van der Waals surface area contributed by atoms with Crippen molar-refractivity contribution in [3.63, 3.8) is 0 Å². The molecule has 4 aromatic rings. The van der Waals surface area contributed by atoms with Gasteiger partial charge in [0.05, 0.1) is 29.1 Å². The van der Waals surface area contributed by atoms with Gasteiger partial charge in [0, 0.05) is 23.6 Å². The molecule has 0 saturated heterocycles. The topological polar surface area (TPSA) is 92.8 Å². The molecule has 7 nitrogen and oxygen atoms in total. The number of esters is 1. The summed E-state index contributed by atoms with van der Waals surface area (Å²) in [7, 11) is 1.15. The van der Waals surface area contributed by atoms with Crippen LogP contribution < -0.4 is 10.6 Å². The molecule has 0 atom stereocenters. The van der Waals surface area contributed by atoms with Crippen LogP contribution in [0, 0.1) is 5.82 Å². The monoisotopic (exact) mass is 490 g/mol. The molecule has 3 aromatic carbocycles. The van der Waals surface area contributed by atoms with Gasteiger partial charge in [0.15, 0.2) is 12.4 Å². The second-order valence-corrected chi connectivity index (χ2v) is 7.57. The lowest BCUT2D eigenvalue weighted by Gasteiger charge is -2.12. The minimum absolute atomic E-state index is 0.0831. The summed E-state index contributed by atoms with van der Waals surface area (Å²) in [6.07, 6.45) is -4.54. The van der Waals surface area contributed by atoms with E-state index in [9.17, 15) is 27.2 Å². The molecule has 0 unspecified atom stereocenters. The van der Waals surface area contributed by atoms with Crippen LogP contribution in [0.4, 0.5) is 17.6 Å². The Morgan fingerprint density at radius 1 is 1.00 bits per heavy atom. The third-order valence-electron chi connectivity index (χ3n) is 5.33. The molecular formula is C24H18F4N2O5. The number of benzene rings is 3. The van der Waals surface area contributed by atoms with Crippen LogP contribution in [-0.2, 0) is 27.1 Å². The zero-order valence-electron chi connectivity index (χ0n) is 18.2. The van der Waals surface area contributed by atoms with E-state index in [0.717, 1.165) is 31.4 Å². The second kappa shape index (κ2) is 9.26. The number of alkyl halides is 3. The summed E-state index contributed by atoms with van der Waals surface area (Å²) in [6.45, 7) is -0.682. The first-order valence-electron chi connectivity index (χ1n) is 10.2. The summed E-state index contributed by atoms with van der Waals surface area (Å²) in [5.74, 6) is -2.43. The van der Waals surface area contributed by atoms with Crippen LogP contribution in [0.5, 0.6) is 5.75 Å². The number of carbonyl (C=O) groups excluding carboxylic acids is 2. The molecule has 0 aliphatic carbocycles. The van der Waals surface area contributed by atoms with Crippen molar-refractivity contribution in [1.29, 1.82) is 0 Å². The predicted octanol–water partition coefficient (Wildman–Crippen LogP) is 4.58. The number of carbonyl (C=O) groups is 2. The largest absolute Gasteiger partial charge is 0.467 e. The van der Waals surface area contributed by atoms with Crippen LogP contribution in [0.25, 0.3) is 21.8 Å². The molecule has 0 bridgehead atoms. The number of nitrogens with zero attached hydrogens (tertiary/aromatic N) is 1. The summed E-state index contributed by atoms with van der Waals surface area (Å²) in [4.78, 5) is 33.6. The van der Waals surface area contributed by atoms with E-state index in [2.05, 4.69) is 4.74 Å². The number of ether oxygens (including phenoxy) is 1. The fourth-order valence-electron chi connectivity index (χ4n) is 3.86. The molecule has 11 heteroatoms. The third kappa shape index (κ3) is 4.76. The number of fused-ring (bicyclic) bond motifs is 3. The molecule has 0 saturated carbocycles. The van der Waals surface area contributed by atoms with Crippen LogP contribution in [0.15, 0.2) is 54.6 Å². The SMILES string of the molecule is COC(=O)COOc1cc(F)cc2c1c1c(C(N)=O)cccc1n2Cc1cccc(C(F)(F)F)c1. The number of amides is 1. The maximum atomic E-state index is 14.6. The highest BCUT2D eigenvalue weighted by Crippen LogP contribution is 2.39. The number of hydrogen-bond donors (Lipinski definition) is 1. The van der Waals surface area contributed by atoms with Crippen molar-refractivity contribution in [3.8, 4) is 5.75 Å². The number of methoxy groups -OCH3 is 1. The van der Waals surface area contributed by atoms with E-state index >= 15 is 0 Å². The minimum atomic E-state index is -4.54. The van der Waals surface area contributed by atoms with Crippen LogP contribution in [-0.4, -0.2) is 30.2 Å². The van der Waals surface area contributed by atoms with Gasteiger partial charge in [-0.05, 0) is 35.9 Å². The molecule has 0 fully saturated rings. The highest BCUT2D eigenvalue weighted by Gasteiger charge is 2.30. The Balaban J connectivity index is 1.93. The molecule has 1 heterocycles. The molecule has 2 N–H and O–H groups in total. The Bertz CT molecular complexity index is 1450. The number of hydrogen-bond acceptors (Lipinski definition) is 5. The van der Waals surface area contributed by atoms with Crippen LogP contribution in [0.2, 0.25) is 0 Å². The summed E-state index contributed by atoms with van der Waals surface area (Å²) in [6, 6.07) is 11.5. The van der Waals surface area contributed by atoms with Gasteiger partial charge in [-0.3, -0.25) is 4.79 Å². The lowest BCUT2D eigenvalue weighted by Crippen LogP contribution is -2.12. The summed E-state index contributed by atoms with van der Waals surface area (Å²) in [5.41, 5.74) is 5.71. The molecule has 0 spiro atoms. The van der Waals surface area contributed by atoms with Crippen LogP contribution in [0.1, 0.15) is 21.5 Å². The highest BCUT2D eigenvalue weighted by atomic mass is 19.4. The Labute approximate surface area is 195 Å². The first-order valence-corrected chi connectivity index (χ1v) is 10.2. The van der Waals surface area contributed by atoms with Crippen molar-refractivity contribution in [3.05, 3.63) is 77.1 Å². The third-order valence-corrected chi connectivity index (χ3v) is 5.33. The first kappa shape index (κ1) is 24.0. The first-order chi connectivity index (χ1) is 16.6. The summed E-state index contributed by atoms with van der Waals surface area (Å²) in [5, 5.41) is 0.520. The molecule has 0 radical (unpaired) electrons. The van der Waals surface area contributed by atoms with Gasteiger partial charge in [0.25, 0.3) is 0 Å². The summed E-state index contributed by atoms with van der Waals surface area (Å²) >= 11 is 0. The maximum absolute atomic E-state index is 14.6. The average molecular weight is 490 g/mol. The quantitative estimate of drug-likeness (QED) is 0.177. The Kier molecular flexibility index (Phi) is 6.35. The van der Waals surface area contributed by atoms with Crippen LogP contribution in [0.3, 0.4) is 0 Å². The smallest absolute Gasteiger partial charge is 0.416 e. The Morgan fingerprint density at radius 2 is 1.74 bits per heavy atom. The highest BCUT2D eigenvalue weighted by molar-refractivity contribution is 6.19. The molecule has 182 valence electrons. The number of primary amides is 1. The van der Waals surface area contributed by atoms with Crippen molar-refractivity contribution in [2.75, 3.05) is 13.7 Å². The lowest BCUT2D eigenvalue weighted by molar-refractivity contribution is -0.214. The van der Waals surface area contributed by atoms with Gasteiger partial charge < -0.3 is 19.9 Å². The Morgan fingerprint density at radius 3 is 2.43 bits per heavy atom. The van der Waals surface area contributed by atoms with E-state index in [1.807, 2.05) is 0 Å². The number of halogens is 4. The molecule has 4 rings (SSSR count). The van der Waals surface area contributed by atoms with Gasteiger partial charge >= 0.3 is 12.1 Å². The molecule has 1 amide bonds. The van der Waals surface area contributed by atoms with E-state index in [1.165, 1.54) is 18.2 Å². The van der Waals surface area contributed by atoms with Crippen molar-refractivity contribution >= 4 is 33.7 Å². The van der Waals surface area contributed by atoms with Crippen molar-refractivity contribution < 1.29 is 41.7 Å². The number of rotatable bonds is 7. The van der Waals surface area contributed by atoms with Gasteiger partial charge in [-0.25, -0.2) is 9.18 Å². The van der Waals surface area contributed by atoms with E-state index in [1.54, 1.807) is 16.7 Å². The fourth-order valence-corrected chi connectivity index (χ4v) is 3.86. The zero-order valence-corrected chi connectivity index (χ0v) is 18.2. The van der Waals surface area contributed by atoms with Gasteiger partial charge in [0.2, 0.25) is 5.91 Å². The standard InChI is InChI=1S/C24H18F4N2O5/c1-33-20(31)12-34-35-19-10-15(25)9-18-22(19)21-16(23(29)32)6-3-7-17(21)30(18)11-13-4-2-5-14(8-13)24(26,27)28/h2-10H,11-12H2,1H3,(H2,29,32). The molecule has 35 heavy (non-hydrogen) atoms. The molecule has 0 aliphatic rings. The van der Waals surface area contributed by atoms with E-state index < -0.39 is 36.0 Å². The Hall–Kier alpha value is -4.12.